The molecule has 9 heteroatoms. The Kier molecular flexibility index (Phi) is 6.81. The van der Waals surface area contributed by atoms with Gasteiger partial charge in [0.05, 0.1) is 15.5 Å². The molecule has 0 aliphatic carbocycles. The fourth-order valence-electron chi connectivity index (χ4n) is 2.45. The van der Waals surface area contributed by atoms with Crippen molar-refractivity contribution in [1.29, 1.82) is 0 Å². The van der Waals surface area contributed by atoms with Crippen LogP contribution in [0.1, 0.15) is 20.7 Å². The molecule has 3 aromatic rings. The average Bonchev–Trinajstić information content (AvgIpc) is 2.74. The fourth-order valence-corrected chi connectivity index (χ4v) is 2.93. The van der Waals surface area contributed by atoms with Gasteiger partial charge in [-0.25, -0.2) is 4.79 Å². The SMILES string of the molecule is O=C(COC(=O)c1ccc(Oc2c(Cl)cccc2[N+](=O)[O-])cc1)c1ccc(Br)cc1. The van der Waals surface area contributed by atoms with Crippen LogP contribution in [0, 0.1) is 10.1 Å². The van der Waals surface area contributed by atoms with E-state index in [4.69, 9.17) is 21.1 Å². The number of nitro groups is 1. The summed E-state index contributed by atoms with van der Waals surface area (Å²) < 4.78 is 11.4. The number of Topliss-reactive ketones (excluding diaryl/α,β-unsaturated/α-hetero) is 1. The summed E-state index contributed by atoms with van der Waals surface area (Å²) in [5.74, 6) is -0.870. The molecule has 0 saturated carbocycles. The van der Waals surface area contributed by atoms with E-state index in [9.17, 15) is 19.7 Å². The lowest BCUT2D eigenvalue weighted by Gasteiger charge is -2.09. The van der Waals surface area contributed by atoms with E-state index in [0.717, 1.165) is 4.47 Å². The molecule has 0 heterocycles. The van der Waals surface area contributed by atoms with Crippen molar-refractivity contribution in [2.75, 3.05) is 6.61 Å². The summed E-state index contributed by atoms with van der Waals surface area (Å²) in [6, 6.07) is 16.6. The van der Waals surface area contributed by atoms with Gasteiger partial charge in [-0.15, -0.1) is 0 Å². The van der Waals surface area contributed by atoms with Crippen molar-refractivity contribution in [3.05, 3.63) is 97.5 Å². The second kappa shape index (κ2) is 9.51. The van der Waals surface area contributed by atoms with Gasteiger partial charge in [0.25, 0.3) is 0 Å². The minimum atomic E-state index is -0.685. The van der Waals surface area contributed by atoms with Gasteiger partial charge in [-0.05, 0) is 42.5 Å². The Balaban J connectivity index is 1.64. The lowest BCUT2D eigenvalue weighted by atomic mass is 10.1. The third kappa shape index (κ3) is 5.22. The highest BCUT2D eigenvalue weighted by atomic mass is 79.9. The van der Waals surface area contributed by atoms with E-state index in [-0.39, 0.29) is 33.6 Å². The molecule has 0 amide bonds. The van der Waals surface area contributed by atoms with E-state index < -0.39 is 17.5 Å². The summed E-state index contributed by atoms with van der Waals surface area (Å²) in [6.45, 7) is -0.398. The zero-order valence-corrected chi connectivity index (χ0v) is 17.6. The Morgan fingerprint density at radius 2 is 1.60 bits per heavy atom. The Morgan fingerprint density at radius 3 is 2.23 bits per heavy atom. The maximum Gasteiger partial charge on any atom is 0.338 e. The molecule has 0 aromatic heterocycles. The summed E-state index contributed by atoms with van der Waals surface area (Å²) in [6.07, 6.45) is 0. The first-order chi connectivity index (χ1) is 14.3. The van der Waals surface area contributed by atoms with Crippen LogP contribution in [0.15, 0.2) is 71.2 Å². The van der Waals surface area contributed by atoms with Gasteiger partial charge in [-0.2, -0.15) is 0 Å². The number of ether oxygens (including phenoxy) is 2. The van der Waals surface area contributed by atoms with Gasteiger partial charge < -0.3 is 9.47 Å². The number of esters is 1. The van der Waals surface area contributed by atoms with Crippen LogP contribution in [0.3, 0.4) is 0 Å². The number of benzene rings is 3. The molecule has 3 aromatic carbocycles. The summed E-state index contributed by atoms with van der Waals surface area (Å²) in [4.78, 5) is 34.8. The molecule has 0 bridgehead atoms. The summed E-state index contributed by atoms with van der Waals surface area (Å²) in [5, 5.41) is 11.2. The number of hydrogen-bond donors (Lipinski definition) is 0. The first kappa shape index (κ1) is 21.5. The molecule has 0 radical (unpaired) electrons. The van der Waals surface area contributed by atoms with Crippen LogP contribution in [0.2, 0.25) is 5.02 Å². The van der Waals surface area contributed by atoms with E-state index in [1.54, 1.807) is 24.3 Å². The zero-order valence-electron chi connectivity index (χ0n) is 15.2. The van der Waals surface area contributed by atoms with Crippen molar-refractivity contribution in [2.24, 2.45) is 0 Å². The van der Waals surface area contributed by atoms with Gasteiger partial charge in [0.15, 0.2) is 12.4 Å². The maximum atomic E-state index is 12.2. The molecule has 7 nitrogen and oxygen atoms in total. The molecule has 0 spiro atoms. The third-order valence-electron chi connectivity index (χ3n) is 3.95. The Morgan fingerprint density at radius 1 is 0.967 bits per heavy atom. The third-order valence-corrected chi connectivity index (χ3v) is 4.78. The normalized spacial score (nSPS) is 10.3. The van der Waals surface area contributed by atoms with Gasteiger partial charge in [-0.3, -0.25) is 14.9 Å². The Hall–Kier alpha value is -3.23. The number of nitrogens with zero attached hydrogens (tertiary/aromatic N) is 1. The molecular formula is C21H13BrClNO6. The number of carbonyl (C=O) groups excluding carboxylic acids is 2. The summed E-state index contributed by atoms with van der Waals surface area (Å²) in [7, 11) is 0. The van der Waals surface area contributed by atoms with Crippen LogP contribution >= 0.6 is 27.5 Å². The van der Waals surface area contributed by atoms with Crippen LogP contribution in [-0.4, -0.2) is 23.3 Å². The quantitative estimate of drug-likeness (QED) is 0.179. The molecule has 0 aliphatic rings. The summed E-state index contributed by atoms with van der Waals surface area (Å²) >= 11 is 9.28. The van der Waals surface area contributed by atoms with Crippen LogP contribution < -0.4 is 4.74 Å². The van der Waals surface area contributed by atoms with Crippen molar-refractivity contribution in [2.45, 2.75) is 0 Å². The number of para-hydroxylation sites is 1. The van der Waals surface area contributed by atoms with Crippen LogP contribution in [0.25, 0.3) is 0 Å². The van der Waals surface area contributed by atoms with Gasteiger partial charge in [0, 0.05) is 16.1 Å². The minimum Gasteiger partial charge on any atom is -0.454 e. The van der Waals surface area contributed by atoms with Gasteiger partial charge >= 0.3 is 11.7 Å². The van der Waals surface area contributed by atoms with Gasteiger partial charge in [-0.1, -0.05) is 45.7 Å². The number of ketones is 1. The standard InChI is InChI=1S/C21H13BrClNO6/c22-15-8-4-13(5-9-15)19(25)12-29-21(26)14-6-10-16(11-7-14)30-20-17(23)2-1-3-18(20)24(27)28/h1-11H,12H2. The van der Waals surface area contributed by atoms with Crippen LogP contribution in [0.4, 0.5) is 5.69 Å². The minimum absolute atomic E-state index is 0.0825. The molecule has 0 N–H and O–H groups in total. The Bertz CT molecular complexity index is 1100. The number of rotatable bonds is 7. The first-order valence-corrected chi connectivity index (χ1v) is 9.69. The molecule has 3 rings (SSSR count). The number of hydrogen-bond acceptors (Lipinski definition) is 6. The lowest BCUT2D eigenvalue weighted by molar-refractivity contribution is -0.385. The van der Waals surface area contributed by atoms with Crippen molar-refractivity contribution < 1.29 is 24.0 Å². The fraction of sp³-hybridized carbons (Fsp3) is 0.0476. The molecule has 0 aliphatic heterocycles. The smallest absolute Gasteiger partial charge is 0.338 e. The highest BCUT2D eigenvalue weighted by molar-refractivity contribution is 9.10. The average molecular weight is 491 g/mol. The molecule has 30 heavy (non-hydrogen) atoms. The maximum absolute atomic E-state index is 12.2. The molecular weight excluding hydrogens is 478 g/mol. The van der Waals surface area contributed by atoms with Crippen molar-refractivity contribution >= 4 is 45.0 Å². The zero-order chi connectivity index (χ0) is 21.7. The van der Waals surface area contributed by atoms with Gasteiger partial charge in [0.1, 0.15) is 5.75 Å². The van der Waals surface area contributed by atoms with E-state index in [1.807, 2.05) is 0 Å². The molecule has 0 saturated heterocycles. The monoisotopic (exact) mass is 489 g/mol. The van der Waals surface area contributed by atoms with E-state index in [2.05, 4.69) is 15.9 Å². The predicted octanol–water partition coefficient (Wildman–Crippen LogP) is 5.84. The van der Waals surface area contributed by atoms with E-state index in [1.165, 1.54) is 42.5 Å². The number of halogens is 2. The van der Waals surface area contributed by atoms with Crippen LogP contribution in [0.5, 0.6) is 11.5 Å². The van der Waals surface area contributed by atoms with Crippen molar-refractivity contribution in [3.8, 4) is 11.5 Å². The molecule has 0 atom stereocenters. The van der Waals surface area contributed by atoms with Crippen molar-refractivity contribution in [3.63, 3.8) is 0 Å². The predicted molar refractivity (Wildman–Crippen MR) is 113 cm³/mol. The highest BCUT2D eigenvalue weighted by Crippen LogP contribution is 2.37. The second-order valence-electron chi connectivity index (χ2n) is 5.98. The number of carbonyl (C=O) groups is 2. The molecule has 0 unspecified atom stereocenters. The lowest BCUT2D eigenvalue weighted by Crippen LogP contribution is -2.14. The van der Waals surface area contributed by atoms with Gasteiger partial charge in [0.2, 0.25) is 5.75 Å². The van der Waals surface area contributed by atoms with Crippen LogP contribution in [-0.2, 0) is 4.74 Å². The topological polar surface area (TPSA) is 95.7 Å². The summed E-state index contributed by atoms with van der Waals surface area (Å²) in [5.41, 5.74) is 0.341. The molecule has 152 valence electrons. The highest BCUT2D eigenvalue weighted by Gasteiger charge is 2.19. The van der Waals surface area contributed by atoms with E-state index in [0.29, 0.717) is 5.56 Å². The second-order valence-corrected chi connectivity index (χ2v) is 7.30. The first-order valence-electron chi connectivity index (χ1n) is 8.52. The Labute approximate surface area is 184 Å². The largest absolute Gasteiger partial charge is 0.454 e. The van der Waals surface area contributed by atoms with E-state index >= 15 is 0 Å². The number of nitro benzene ring substituents is 1. The van der Waals surface area contributed by atoms with Crippen molar-refractivity contribution in [1.82, 2.24) is 0 Å². The molecule has 0 fully saturated rings.